The molecule has 0 unspecified atom stereocenters. The highest BCUT2D eigenvalue weighted by Crippen LogP contribution is 2.23. The van der Waals surface area contributed by atoms with Gasteiger partial charge in [0.15, 0.2) is 0 Å². The van der Waals surface area contributed by atoms with E-state index in [0.29, 0.717) is 18.5 Å². The Morgan fingerprint density at radius 2 is 2.05 bits per heavy atom. The molecule has 1 fully saturated rings. The van der Waals surface area contributed by atoms with Gasteiger partial charge in [-0.05, 0) is 36.3 Å². The van der Waals surface area contributed by atoms with Crippen LogP contribution in [0.15, 0.2) is 36.5 Å². The lowest BCUT2D eigenvalue weighted by Crippen LogP contribution is -2.42. The Kier molecular flexibility index (Phi) is 3.77. The zero-order valence-corrected chi connectivity index (χ0v) is 12.0. The van der Waals surface area contributed by atoms with E-state index in [0.717, 1.165) is 11.9 Å². The lowest BCUT2D eigenvalue weighted by atomic mass is 9.86. The maximum atomic E-state index is 12.2. The van der Waals surface area contributed by atoms with Crippen LogP contribution in [0.3, 0.4) is 0 Å². The van der Waals surface area contributed by atoms with E-state index in [2.05, 4.69) is 30.4 Å². The number of carbonyl (C=O) groups is 1. The second-order valence-corrected chi connectivity index (χ2v) is 5.94. The second kappa shape index (κ2) is 5.70. The van der Waals surface area contributed by atoms with Crippen molar-refractivity contribution in [3.8, 4) is 0 Å². The molecular formula is C17H22N2O. The number of rotatable bonds is 3. The minimum atomic E-state index is 0.130. The highest BCUT2D eigenvalue weighted by molar-refractivity contribution is 5.83. The van der Waals surface area contributed by atoms with Gasteiger partial charge in [0.25, 0.3) is 0 Å². The number of nitrogens with one attached hydrogen (secondary N) is 1. The number of hydrogen-bond acceptors (Lipinski definition) is 1. The smallest absolute Gasteiger partial charge is 0.240 e. The normalized spacial score (nSPS) is 22.9. The minimum Gasteiger partial charge on any atom is -0.352 e. The zero-order chi connectivity index (χ0) is 13.9. The summed E-state index contributed by atoms with van der Waals surface area (Å²) in [6.07, 6.45) is 6.89. The molecule has 0 aliphatic heterocycles. The van der Waals surface area contributed by atoms with E-state index >= 15 is 0 Å². The van der Waals surface area contributed by atoms with Crippen LogP contribution in [0.4, 0.5) is 0 Å². The van der Waals surface area contributed by atoms with Gasteiger partial charge in [-0.2, -0.15) is 0 Å². The van der Waals surface area contributed by atoms with Gasteiger partial charge in [0, 0.05) is 17.8 Å². The van der Waals surface area contributed by atoms with Crippen LogP contribution in [-0.4, -0.2) is 16.5 Å². The molecule has 1 amide bonds. The first-order valence-corrected chi connectivity index (χ1v) is 7.57. The van der Waals surface area contributed by atoms with Gasteiger partial charge in [-0.25, -0.2) is 0 Å². The molecule has 0 radical (unpaired) electrons. The molecule has 1 N–H and O–H groups in total. The molecule has 20 heavy (non-hydrogen) atoms. The van der Waals surface area contributed by atoms with Crippen LogP contribution in [0.5, 0.6) is 0 Å². The van der Waals surface area contributed by atoms with Crippen LogP contribution in [0, 0.1) is 5.92 Å². The van der Waals surface area contributed by atoms with E-state index in [1.807, 2.05) is 22.9 Å². The van der Waals surface area contributed by atoms with Gasteiger partial charge in [-0.1, -0.05) is 38.0 Å². The van der Waals surface area contributed by atoms with E-state index in [4.69, 9.17) is 0 Å². The summed E-state index contributed by atoms with van der Waals surface area (Å²) in [6.45, 7) is 2.66. The SMILES string of the molecule is C[C@H]1CCCC[C@@H]1NC(=O)Cn1ccc2ccccc21. The third-order valence-corrected chi connectivity index (χ3v) is 4.45. The molecule has 1 aliphatic carbocycles. The molecule has 0 saturated heterocycles. The van der Waals surface area contributed by atoms with Crippen molar-refractivity contribution in [1.29, 1.82) is 0 Å². The van der Waals surface area contributed by atoms with E-state index in [-0.39, 0.29) is 5.91 Å². The van der Waals surface area contributed by atoms with Crippen molar-refractivity contribution >= 4 is 16.8 Å². The Labute approximate surface area is 120 Å². The third-order valence-electron chi connectivity index (χ3n) is 4.45. The molecule has 0 spiro atoms. The first kappa shape index (κ1) is 13.2. The monoisotopic (exact) mass is 270 g/mol. The summed E-state index contributed by atoms with van der Waals surface area (Å²) in [6, 6.07) is 10.6. The highest BCUT2D eigenvalue weighted by atomic mass is 16.2. The maximum absolute atomic E-state index is 12.2. The van der Waals surface area contributed by atoms with E-state index in [1.54, 1.807) is 0 Å². The fraction of sp³-hybridized carbons (Fsp3) is 0.471. The van der Waals surface area contributed by atoms with Gasteiger partial charge >= 0.3 is 0 Å². The summed E-state index contributed by atoms with van der Waals surface area (Å²) < 4.78 is 2.03. The van der Waals surface area contributed by atoms with Crippen molar-refractivity contribution in [1.82, 2.24) is 9.88 Å². The van der Waals surface area contributed by atoms with Crippen molar-refractivity contribution in [3.05, 3.63) is 36.5 Å². The standard InChI is InChI=1S/C17H22N2O/c1-13-6-2-4-8-15(13)18-17(20)12-19-11-10-14-7-3-5-9-16(14)19/h3,5,7,9-11,13,15H,2,4,6,8,12H2,1H3,(H,18,20)/t13-,15-/m0/s1. The topological polar surface area (TPSA) is 34.0 Å². The summed E-state index contributed by atoms with van der Waals surface area (Å²) in [5.41, 5.74) is 1.12. The maximum Gasteiger partial charge on any atom is 0.240 e. The number of para-hydroxylation sites is 1. The number of carbonyl (C=O) groups excluding carboxylic acids is 1. The first-order valence-electron chi connectivity index (χ1n) is 7.57. The van der Waals surface area contributed by atoms with E-state index < -0.39 is 0 Å². The Morgan fingerprint density at radius 3 is 2.90 bits per heavy atom. The highest BCUT2D eigenvalue weighted by Gasteiger charge is 2.22. The van der Waals surface area contributed by atoms with Crippen LogP contribution < -0.4 is 5.32 Å². The van der Waals surface area contributed by atoms with Crippen LogP contribution in [0.2, 0.25) is 0 Å². The molecule has 2 aromatic rings. The van der Waals surface area contributed by atoms with Crippen LogP contribution in [0.1, 0.15) is 32.6 Å². The number of fused-ring (bicyclic) bond motifs is 1. The molecule has 1 aromatic carbocycles. The summed E-state index contributed by atoms with van der Waals surface area (Å²) in [5.74, 6) is 0.735. The van der Waals surface area contributed by atoms with Crippen LogP contribution in [-0.2, 0) is 11.3 Å². The Balaban J connectivity index is 1.66. The summed E-state index contributed by atoms with van der Waals surface area (Å²) in [4.78, 5) is 12.2. The number of aromatic nitrogens is 1. The molecule has 3 nitrogen and oxygen atoms in total. The minimum absolute atomic E-state index is 0.130. The summed E-state index contributed by atoms with van der Waals surface area (Å²) in [5, 5.41) is 4.40. The van der Waals surface area contributed by atoms with Gasteiger partial charge in [-0.3, -0.25) is 4.79 Å². The largest absolute Gasteiger partial charge is 0.352 e. The van der Waals surface area contributed by atoms with Crippen LogP contribution >= 0.6 is 0 Å². The number of benzene rings is 1. The molecule has 2 atom stereocenters. The molecule has 3 rings (SSSR count). The molecule has 1 aliphatic rings. The molecular weight excluding hydrogens is 248 g/mol. The Bertz CT molecular complexity index is 602. The molecule has 106 valence electrons. The fourth-order valence-corrected chi connectivity index (χ4v) is 3.22. The molecule has 1 heterocycles. The van der Waals surface area contributed by atoms with Gasteiger partial charge in [0.05, 0.1) is 0 Å². The Hall–Kier alpha value is -1.77. The van der Waals surface area contributed by atoms with Crippen molar-refractivity contribution in [2.24, 2.45) is 5.92 Å². The lowest BCUT2D eigenvalue weighted by Gasteiger charge is -2.29. The van der Waals surface area contributed by atoms with Crippen molar-refractivity contribution in [3.63, 3.8) is 0 Å². The van der Waals surface area contributed by atoms with Crippen molar-refractivity contribution in [2.75, 3.05) is 0 Å². The summed E-state index contributed by atoms with van der Waals surface area (Å²) in [7, 11) is 0. The van der Waals surface area contributed by atoms with Gasteiger partial charge in [0.1, 0.15) is 6.54 Å². The Morgan fingerprint density at radius 1 is 1.25 bits per heavy atom. The van der Waals surface area contributed by atoms with Gasteiger partial charge in [0.2, 0.25) is 5.91 Å². The predicted molar refractivity (Wildman–Crippen MR) is 81.5 cm³/mol. The van der Waals surface area contributed by atoms with Crippen molar-refractivity contribution in [2.45, 2.75) is 45.2 Å². The fourth-order valence-electron chi connectivity index (χ4n) is 3.22. The number of nitrogens with zero attached hydrogens (tertiary/aromatic N) is 1. The number of hydrogen-bond donors (Lipinski definition) is 1. The average Bonchev–Trinajstić information content (AvgIpc) is 2.85. The van der Waals surface area contributed by atoms with Gasteiger partial charge in [-0.15, -0.1) is 0 Å². The molecule has 0 bridgehead atoms. The molecule has 1 aromatic heterocycles. The zero-order valence-electron chi connectivity index (χ0n) is 12.0. The first-order chi connectivity index (χ1) is 9.74. The molecule has 3 heteroatoms. The quantitative estimate of drug-likeness (QED) is 0.912. The lowest BCUT2D eigenvalue weighted by molar-refractivity contribution is -0.122. The number of amides is 1. The summed E-state index contributed by atoms with van der Waals surface area (Å²) >= 11 is 0. The van der Waals surface area contributed by atoms with Crippen LogP contribution in [0.25, 0.3) is 10.9 Å². The third kappa shape index (κ3) is 2.72. The van der Waals surface area contributed by atoms with Gasteiger partial charge < -0.3 is 9.88 Å². The average molecular weight is 270 g/mol. The van der Waals surface area contributed by atoms with E-state index in [1.165, 1.54) is 24.6 Å². The van der Waals surface area contributed by atoms with Crippen molar-refractivity contribution < 1.29 is 4.79 Å². The van der Waals surface area contributed by atoms with E-state index in [9.17, 15) is 4.79 Å². The predicted octanol–water partition coefficient (Wildman–Crippen LogP) is 3.34. The molecule has 1 saturated carbocycles. The second-order valence-electron chi connectivity index (χ2n) is 5.94.